The molecule has 6 heteroatoms. The molecule has 0 bridgehead atoms. The van der Waals surface area contributed by atoms with Crippen molar-refractivity contribution in [3.05, 3.63) is 88.2 Å². The molecule has 5 rings (SSSR count). The lowest BCUT2D eigenvalue weighted by atomic mass is 10.0. The lowest BCUT2D eigenvalue weighted by Gasteiger charge is -2.29. The Labute approximate surface area is 199 Å². The molecule has 34 heavy (non-hydrogen) atoms. The van der Waals surface area contributed by atoms with Gasteiger partial charge in [0.1, 0.15) is 18.2 Å². The van der Waals surface area contributed by atoms with Crippen molar-refractivity contribution in [1.82, 2.24) is 4.90 Å². The maximum absolute atomic E-state index is 13.0. The molecule has 174 valence electrons. The van der Waals surface area contributed by atoms with Crippen molar-refractivity contribution in [3.8, 4) is 23.0 Å². The Kier molecular flexibility index (Phi) is 5.99. The van der Waals surface area contributed by atoms with Crippen molar-refractivity contribution in [2.45, 2.75) is 19.9 Å². The van der Waals surface area contributed by atoms with E-state index < -0.39 is 0 Å². The number of carbonyl (C=O) groups excluding carboxylic acids is 1. The molecular formula is C28H27NO5. The van der Waals surface area contributed by atoms with Gasteiger partial charge in [0.25, 0.3) is 0 Å². The first-order chi connectivity index (χ1) is 16.6. The first-order valence-corrected chi connectivity index (χ1v) is 11.3. The largest absolute Gasteiger partial charge is 0.493 e. The van der Waals surface area contributed by atoms with Gasteiger partial charge in [-0.2, -0.15) is 0 Å². The lowest BCUT2D eigenvalue weighted by Crippen LogP contribution is -2.33. The van der Waals surface area contributed by atoms with E-state index in [2.05, 4.69) is 4.90 Å². The van der Waals surface area contributed by atoms with Crippen molar-refractivity contribution in [1.29, 1.82) is 0 Å². The number of hydrogen-bond donors (Lipinski definition) is 0. The van der Waals surface area contributed by atoms with Gasteiger partial charge in [-0.05, 0) is 54.8 Å². The normalized spacial score (nSPS) is 16.0. The molecule has 0 aliphatic carbocycles. The Morgan fingerprint density at radius 1 is 1.03 bits per heavy atom. The van der Waals surface area contributed by atoms with Gasteiger partial charge in [0.2, 0.25) is 5.78 Å². The SMILES string of the molecule is COc1ccc(CCN2COc3ccc4c(c3C2)O/C(=C\c2cccc(C)c2)C4=O)cc1OC. The molecule has 6 nitrogen and oxygen atoms in total. The number of ether oxygens (including phenoxy) is 4. The van der Waals surface area contributed by atoms with E-state index in [1.165, 1.54) is 0 Å². The third-order valence-corrected chi connectivity index (χ3v) is 6.19. The molecule has 2 aliphatic heterocycles. The maximum atomic E-state index is 13.0. The van der Waals surface area contributed by atoms with Gasteiger partial charge in [-0.1, -0.05) is 35.9 Å². The monoisotopic (exact) mass is 457 g/mol. The van der Waals surface area contributed by atoms with Crippen LogP contribution in [0.25, 0.3) is 6.08 Å². The predicted molar refractivity (Wildman–Crippen MR) is 130 cm³/mol. The first-order valence-electron chi connectivity index (χ1n) is 11.3. The molecule has 0 unspecified atom stereocenters. The molecule has 0 saturated carbocycles. The zero-order valence-electron chi connectivity index (χ0n) is 19.6. The van der Waals surface area contributed by atoms with Gasteiger partial charge in [-0.15, -0.1) is 0 Å². The highest BCUT2D eigenvalue weighted by Crippen LogP contribution is 2.42. The molecule has 0 fully saturated rings. The maximum Gasteiger partial charge on any atom is 0.231 e. The fourth-order valence-corrected chi connectivity index (χ4v) is 4.38. The second kappa shape index (κ2) is 9.23. The smallest absolute Gasteiger partial charge is 0.231 e. The summed E-state index contributed by atoms with van der Waals surface area (Å²) >= 11 is 0. The van der Waals surface area contributed by atoms with Gasteiger partial charge in [0.05, 0.1) is 25.3 Å². The van der Waals surface area contributed by atoms with Crippen molar-refractivity contribution >= 4 is 11.9 Å². The van der Waals surface area contributed by atoms with Crippen LogP contribution in [-0.2, 0) is 13.0 Å². The quantitative estimate of drug-likeness (QED) is 0.485. The van der Waals surface area contributed by atoms with Crippen LogP contribution in [0.2, 0.25) is 0 Å². The summed E-state index contributed by atoms with van der Waals surface area (Å²) in [7, 11) is 3.27. The van der Waals surface area contributed by atoms with E-state index in [0.717, 1.165) is 46.7 Å². The lowest BCUT2D eigenvalue weighted by molar-refractivity contribution is 0.0949. The third kappa shape index (κ3) is 4.24. The van der Waals surface area contributed by atoms with Gasteiger partial charge in [0, 0.05) is 13.1 Å². The summed E-state index contributed by atoms with van der Waals surface area (Å²) in [5, 5.41) is 0. The van der Waals surface area contributed by atoms with E-state index in [1.54, 1.807) is 26.4 Å². The highest BCUT2D eigenvalue weighted by molar-refractivity contribution is 6.15. The second-order valence-corrected chi connectivity index (χ2v) is 8.54. The Hall–Kier alpha value is -3.77. The van der Waals surface area contributed by atoms with Gasteiger partial charge in [-0.3, -0.25) is 9.69 Å². The molecule has 0 spiro atoms. The van der Waals surface area contributed by atoms with E-state index in [9.17, 15) is 4.79 Å². The van der Waals surface area contributed by atoms with Crippen LogP contribution in [0.5, 0.6) is 23.0 Å². The Bertz CT molecular complexity index is 1280. The molecular weight excluding hydrogens is 430 g/mol. The fourth-order valence-electron chi connectivity index (χ4n) is 4.38. The van der Waals surface area contributed by atoms with Crippen molar-refractivity contribution in [2.75, 3.05) is 27.5 Å². The van der Waals surface area contributed by atoms with E-state index in [4.69, 9.17) is 18.9 Å². The summed E-state index contributed by atoms with van der Waals surface area (Å²) in [6.07, 6.45) is 2.63. The van der Waals surface area contributed by atoms with Gasteiger partial charge in [-0.25, -0.2) is 0 Å². The Morgan fingerprint density at radius 2 is 1.88 bits per heavy atom. The minimum atomic E-state index is -0.0956. The minimum Gasteiger partial charge on any atom is -0.493 e. The van der Waals surface area contributed by atoms with E-state index in [0.29, 0.717) is 36.1 Å². The Morgan fingerprint density at radius 3 is 2.68 bits per heavy atom. The number of Topliss-reactive ketones (excluding diaryl/α,β-unsaturated/α-hetero) is 1. The van der Waals surface area contributed by atoms with Crippen molar-refractivity contribution < 1.29 is 23.7 Å². The number of fused-ring (bicyclic) bond motifs is 3. The molecule has 0 saturated heterocycles. The minimum absolute atomic E-state index is 0.0956. The molecule has 0 aromatic heterocycles. The standard InChI is InChI=1S/C28H27NO5/c1-18-5-4-6-20(13-18)15-26-27(30)21-8-10-23-22(28(21)34-26)16-29(17-33-23)12-11-19-7-9-24(31-2)25(14-19)32-3/h4-10,13-15H,11-12,16-17H2,1-3H3/b26-15-. The summed E-state index contributed by atoms with van der Waals surface area (Å²) < 4.78 is 22.9. The van der Waals surface area contributed by atoms with Gasteiger partial charge >= 0.3 is 0 Å². The van der Waals surface area contributed by atoms with Crippen LogP contribution in [0.4, 0.5) is 0 Å². The van der Waals surface area contributed by atoms with Crippen LogP contribution < -0.4 is 18.9 Å². The Balaban J connectivity index is 1.33. The van der Waals surface area contributed by atoms with E-state index >= 15 is 0 Å². The number of methoxy groups -OCH3 is 2. The van der Waals surface area contributed by atoms with Gasteiger partial charge in [0.15, 0.2) is 17.3 Å². The van der Waals surface area contributed by atoms with Crippen molar-refractivity contribution in [2.24, 2.45) is 0 Å². The van der Waals surface area contributed by atoms with Crippen LogP contribution in [0.3, 0.4) is 0 Å². The molecule has 0 atom stereocenters. The average molecular weight is 458 g/mol. The number of benzene rings is 3. The van der Waals surface area contributed by atoms with Crippen LogP contribution in [0.1, 0.15) is 32.6 Å². The van der Waals surface area contributed by atoms with E-state index in [-0.39, 0.29) is 5.78 Å². The average Bonchev–Trinajstić information content (AvgIpc) is 3.17. The molecule has 0 radical (unpaired) electrons. The number of hydrogen-bond acceptors (Lipinski definition) is 6. The first kappa shape index (κ1) is 22.0. The number of rotatable bonds is 6. The summed E-state index contributed by atoms with van der Waals surface area (Å²) in [5.74, 6) is 3.06. The van der Waals surface area contributed by atoms with Crippen LogP contribution in [0.15, 0.2) is 60.4 Å². The topological polar surface area (TPSA) is 57.2 Å². The number of ketones is 1. The van der Waals surface area contributed by atoms with Crippen LogP contribution in [0, 0.1) is 6.92 Å². The number of aryl methyl sites for hydroxylation is 1. The second-order valence-electron chi connectivity index (χ2n) is 8.54. The highest BCUT2D eigenvalue weighted by Gasteiger charge is 2.33. The fraction of sp³-hybridized carbons (Fsp3) is 0.250. The van der Waals surface area contributed by atoms with Crippen LogP contribution in [-0.4, -0.2) is 38.2 Å². The zero-order chi connectivity index (χ0) is 23.7. The summed E-state index contributed by atoms with van der Waals surface area (Å²) in [6, 6.07) is 17.6. The highest BCUT2D eigenvalue weighted by atomic mass is 16.5. The third-order valence-electron chi connectivity index (χ3n) is 6.19. The number of carbonyl (C=O) groups is 1. The number of allylic oxidation sites excluding steroid dienone is 1. The molecule has 3 aromatic carbocycles. The molecule has 2 aliphatic rings. The van der Waals surface area contributed by atoms with Gasteiger partial charge < -0.3 is 18.9 Å². The zero-order valence-corrected chi connectivity index (χ0v) is 19.6. The van der Waals surface area contributed by atoms with E-state index in [1.807, 2.05) is 55.5 Å². The van der Waals surface area contributed by atoms with Crippen molar-refractivity contribution in [3.63, 3.8) is 0 Å². The summed E-state index contributed by atoms with van der Waals surface area (Å²) in [5.41, 5.74) is 4.72. The molecule has 3 aromatic rings. The molecule has 0 N–H and O–H groups in total. The number of nitrogens with zero attached hydrogens (tertiary/aromatic N) is 1. The predicted octanol–water partition coefficient (Wildman–Crippen LogP) is 5.02. The molecule has 2 heterocycles. The summed E-state index contributed by atoms with van der Waals surface area (Å²) in [6.45, 7) is 3.95. The van der Waals surface area contributed by atoms with Crippen LogP contribution >= 0.6 is 0 Å². The summed E-state index contributed by atoms with van der Waals surface area (Å²) in [4.78, 5) is 15.2. The molecule has 0 amide bonds.